The average Bonchev–Trinajstić information content (AvgIpc) is 3.41. The molecule has 200 valence electrons. The quantitative estimate of drug-likeness (QED) is 0.164. The molecule has 0 spiro atoms. The number of thioether (sulfide) groups is 1. The van der Waals surface area contributed by atoms with Crippen LogP contribution in [0.15, 0.2) is 112 Å². The van der Waals surface area contributed by atoms with Crippen molar-refractivity contribution in [2.45, 2.75) is 23.0 Å². The van der Waals surface area contributed by atoms with E-state index in [-0.39, 0.29) is 24.7 Å². The van der Waals surface area contributed by atoms with Crippen LogP contribution in [0, 0.1) is 0 Å². The highest BCUT2D eigenvalue weighted by molar-refractivity contribution is 8.00. The molecule has 40 heavy (non-hydrogen) atoms. The van der Waals surface area contributed by atoms with E-state index in [1.165, 1.54) is 11.8 Å². The Kier molecular flexibility index (Phi) is 8.22. The van der Waals surface area contributed by atoms with Gasteiger partial charge < -0.3 is 20.2 Å². The molecule has 4 aromatic carbocycles. The van der Waals surface area contributed by atoms with Crippen LogP contribution in [0.1, 0.15) is 23.7 Å². The number of carboxylic acid groups (broad SMARTS) is 1. The first-order valence-electron chi connectivity index (χ1n) is 12.5. The molecule has 0 saturated heterocycles. The average molecular weight is 552 g/mol. The van der Waals surface area contributed by atoms with Gasteiger partial charge in [0.15, 0.2) is 5.58 Å². The van der Waals surface area contributed by atoms with E-state index in [1.54, 1.807) is 12.1 Å². The fourth-order valence-electron chi connectivity index (χ4n) is 4.00. The third-order valence-corrected chi connectivity index (χ3v) is 7.26. The van der Waals surface area contributed by atoms with Crippen molar-refractivity contribution in [3.8, 4) is 11.5 Å². The van der Waals surface area contributed by atoms with Gasteiger partial charge in [-0.1, -0.05) is 42.5 Å². The summed E-state index contributed by atoms with van der Waals surface area (Å²) < 4.78 is 5.84. The molecule has 0 fully saturated rings. The summed E-state index contributed by atoms with van der Waals surface area (Å²) in [7, 11) is 0. The van der Waals surface area contributed by atoms with Crippen molar-refractivity contribution < 1.29 is 23.9 Å². The lowest BCUT2D eigenvalue weighted by molar-refractivity contribution is -0.138. The Morgan fingerprint density at radius 3 is 2.12 bits per heavy atom. The number of carboxylic acids is 1. The molecule has 9 heteroatoms. The largest absolute Gasteiger partial charge is 0.481 e. The maximum absolute atomic E-state index is 13.5. The maximum Gasteiger partial charge on any atom is 0.303 e. The number of amides is 2. The number of oxazole rings is 1. The SMILES string of the molecule is O=C(O)CCC(=O)Nc1ccc(SC(C(=O)Nc2ccc(-c3nc4ccccc4o3)cc2)c2ccccc2)cc1. The first-order chi connectivity index (χ1) is 19.4. The Morgan fingerprint density at radius 1 is 0.775 bits per heavy atom. The van der Waals surface area contributed by atoms with Gasteiger partial charge in [-0.3, -0.25) is 14.4 Å². The monoisotopic (exact) mass is 551 g/mol. The molecule has 0 aliphatic carbocycles. The van der Waals surface area contributed by atoms with E-state index < -0.39 is 11.2 Å². The molecule has 0 saturated carbocycles. The van der Waals surface area contributed by atoms with Gasteiger partial charge in [0, 0.05) is 28.3 Å². The molecule has 1 unspecified atom stereocenters. The van der Waals surface area contributed by atoms with Gasteiger partial charge in [-0.05, 0) is 66.2 Å². The van der Waals surface area contributed by atoms with E-state index >= 15 is 0 Å². The lowest BCUT2D eigenvalue weighted by atomic mass is 10.1. The van der Waals surface area contributed by atoms with Crippen LogP contribution in [0.2, 0.25) is 0 Å². The van der Waals surface area contributed by atoms with Crippen molar-refractivity contribution in [1.29, 1.82) is 0 Å². The number of para-hydroxylation sites is 2. The van der Waals surface area contributed by atoms with Crippen LogP contribution in [0.5, 0.6) is 0 Å². The number of hydrogen-bond acceptors (Lipinski definition) is 6. The molecule has 0 aliphatic heterocycles. The number of anilines is 2. The van der Waals surface area contributed by atoms with Crippen LogP contribution >= 0.6 is 11.8 Å². The first-order valence-corrected chi connectivity index (χ1v) is 13.4. The van der Waals surface area contributed by atoms with Gasteiger partial charge in [-0.15, -0.1) is 11.8 Å². The molecule has 0 radical (unpaired) electrons. The lowest BCUT2D eigenvalue weighted by Gasteiger charge is -2.17. The summed E-state index contributed by atoms with van der Waals surface area (Å²) in [5.74, 6) is -1.06. The van der Waals surface area contributed by atoms with Crippen molar-refractivity contribution in [3.05, 3.63) is 109 Å². The normalized spacial score (nSPS) is 11.6. The van der Waals surface area contributed by atoms with E-state index in [9.17, 15) is 14.4 Å². The summed E-state index contributed by atoms with van der Waals surface area (Å²) in [4.78, 5) is 41.4. The van der Waals surface area contributed by atoms with Crippen LogP contribution in [0.25, 0.3) is 22.6 Å². The molecule has 1 heterocycles. The second kappa shape index (κ2) is 12.3. The maximum atomic E-state index is 13.5. The molecule has 3 N–H and O–H groups in total. The van der Waals surface area contributed by atoms with E-state index in [4.69, 9.17) is 9.52 Å². The van der Waals surface area contributed by atoms with Crippen molar-refractivity contribution >= 4 is 52.0 Å². The number of hydrogen-bond donors (Lipinski definition) is 3. The number of aliphatic carboxylic acids is 1. The van der Waals surface area contributed by atoms with E-state index in [0.29, 0.717) is 22.8 Å². The summed E-state index contributed by atoms with van der Waals surface area (Å²) in [6.07, 6.45) is -0.328. The molecule has 5 aromatic rings. The second-order valence-corrected chi connectivity index (χ2v) is 10.1. The fourth-order valence-corrected chi connectivity index (χ4v) is 5.02. The second-order valence-electron chi connectivity index (χ2n) is 8.93. The fraction of sp³-hybridized carbons (Fsp3) is 0.0968. The Bertz CT molecular complexity index is 1600. The van der Waals surface area contributed by atoms with E-state index in [2.05, 4.69) is 15.6 Å². The third-order valence-electron chi connectivity index (χ3n) is 5.99. The van der Waals surface area contributed by atoms with Gasteiger partial charge in [0.25, 0.3) is 0 Å². The minimum atomic E-state index is -1.02. The van der Waals surface area contributed by atoms with E-state index in [1.807, 2.05) is 91.0 Å². The zero-order chi connectivity index (χ0) is 27.9. The van der Waals surface area contributed by atoms with Gasteiger partial charge >= 0.3 is 5.97 Å². The Labute approximate surface area is 234 Å². The molecular formula is C31H25N3O5S. The van der Waals surface area contributed by atoms with Crippen molar-refractivity contribution in [3.63, 3.8) is 0 Å². The van der Waals surface area contributed by atoms with Crippen LogP contribution < -0.4 is 10.6 Å². The summed E-state index contributed by atoms with van der Waals surface area (Å²) in [5, 5.41) is 13.9. The Balaban J connectivity index is 1.27. The molecule has 8 nitrogen and oxygen atoms in total. The number of benzene rings is 4. The molecule has 0 bridgehead atoms. The predicted octanol–water partition coefficient (Wildman–Crippen LogP) is 6.77. The summed E-state index contributed by atoms with van der Waals surface area (Å²) >= 11 is 1.39. The highest BCUT2D eigenvalue weighted by Crippen LogP contribution is 2.37. The van der Waals surface area contributed by atoms with Gasteiger partial charge in [0.2, 0.25) is 17.7 Å². The number of carbonyl (C=O) groups is 3. The van der Waals surface area contributed by atoms with Crippen LogP contribution in [0.4, 0.5) is 11.4 Å². The van der Waals surface area contributed by atoms with Gasteiger partial charge in [-0.25, -0.2) is 4.98 Å². The topological polar surface area (TPSA) is 122 Å². The zero-order valence-corrected chi connectivity index (χ0v) is 22.1. The highest BCUT2D eigenvalue weighted by Gasteiger charge is 2.22. The molecule has 0 aliphatic rings. The van der Waals surface area contributed by atoms with Crippen LogP contribution in [0.3, 0.4) is 0 Å². The Hall–Kier alpha value is -4.89. The number of carbonyl (C=O) groups excluding carboxylic acids is 2. The molecule has 2 amide bonds. The van der Waals surface area contributed by atoms with Crippen molar-refractivity contribution in [2.24, 2.45) is 0 Å². The van der Waals surface area contributed by atoms with Crippen molar-refractivity contribution in [2.75, 3.05) is 10.6 Å². The minimum Gasteiger partial charge on any atom is -0.481 e. The van der Waals surface area contributed by atoms with Crippen LogP contribution in [-0.4, -0.2) is 27.9 Å². The number of rotatable bonds is 10. The van der Waals surface area contributed by atoms with Gasteiger partial charge in [0.05, 0.1) is 6.42 Å². The smallest absolute Gasteiger partial charge is 0.303 e. The minimum absolute atomic E-state index is 0.0994. The molecule has 5 rings (SSSR count). The molecular weight excluding hydrogens is 526 g/mol. The Morgan fingerprint density at radius 2 is 1.43 bits per heavy atom. The number of aromatic nitrogens is 1. The van der Waals surface area contributed by atoms with E-state index in [0.717, 1.165) is 21.5 Å². The molecule has 1 aromatic heterocycles. The predicted molar refractivity (Wildman–Crippen MR) is 155 cm³/mol. The summed E-state index contributed by atoms with van der Waals surface area (Å²) in [6, 6.07) is 31.5. The third kappa shape index (κ3) is 6.75. The summed E-state index contributed by atoms with van der Waals surface area (Å²) in [5.41, 5.74) is 4.35. The standard InChI is InChI=1S/C31H25N3O5S/c35-27(18-19-28(36)37)32-22-14-16-24(17-15-22)40-29(20-6-2-1-3-7-20)30(38)33-23-12-10-21(11-13-23)31-34-25-8-4-5-9-26(25)39-31/h1-17,29H,18-19H2,(H,32,35)(H,33,38)(H,36,37). The van der Waals surface area contributed by atoms with Crippen LogP contribution in [-0.2, 0) is 14.4 Å². The lowest BCUT2D eigenvalue weighted by Crippen LogP contribution is -2.19. The highest BCUT2D eigenvalue weighted by atomic mass is 32.2. The number of fused-ring (bicyclic) bond motifs is 1. The van der Waals surface area contributed by atoms with Gasteiger partial charge in [0.1, 0.15) is 10.8 Å². The summed E-state index contributed by atoms with van der Waals surface area (Å²) in [6.45, 7) is 0. The van der Waals surface area contributed by atoms with Gasteiger partial charge in [-0.2, -0.15) is 0 Å². The van der Waals surface area contributed by atoms with Crippen molar-refractivity contribution in [1.82, 2.24) is 4.98 Å². The number of nitrogens with zero attached hydrogens (tertiary/aromatic N) is 1. The molecule has 1 atom stereocenters. The zero-order valence-electron chi connectivity index (χ0n) is 21.2. The number of nitrogens with one attached hydrogen (secondary N) is 2. The first kappa shape index (κ1) is 26.7.